The van der Waals surface area contributed by atoms with Crippen LogP contribution in [0.4, 0.5) is 16.3 Å². The molecule has 1 saturated heterocycles. The molecule has 9 heteroatoms. The lowest BCUT2D eigenvalue weighted by Gasteiger charge is -2.14. The maximum atomic E-state index is 12.8. The molecule has 0 aliphatic carbocycles. The van der Waals surface area contributed by atoms with E-state index in [0.29, 0.717) is 46.8 Å². The summed E-state index contributed by atoms with van der Waals surface area (Å²) in [5.41, 5.74) is 1.81. The lowest BCUT2D eigenvalue weighted by molar-refractivity contribution is 0.102. The van der Waals surface area contributed by atoms with Gasteiger partial charge in [-0.3, -0.25) is 9.69 Å². The molecule has 2 heterocycles. The van der Waals surface area contributed by atoms with E-state index >= 15 is 0 Å². The van der Waals surface area contributed by atoms with Gasteiger partial charge in [0.2, 0.25) is 0 Å². The number of nitrogens with one attached hydrogen (secondary N) is 1. The van der Waals surface area contributed by atoms with Crippen LogP contribution in [0.5, 0.6) is 0 Å². The van der Waals surface area contributed by atoms with Crippen molar-refractivity contribution in [3.63, 3.8) is 0 Å². The zero-order chi connectivity index (χ0) is 20.4. The van der Waals surface area contributed by atoms with Crippen molar-refractivity contribution >= 4 is 46.7 Å². The molecule has 29 heavy (non-hydrogen) atoms. The van der Waals surface area contributed by atoms with E-state index in [9.17, 15) is 9.59 Å². The number of halogens is 2. The van der Waals surface area contributed by atoms with Gasteiger partial charge < -0.3 is 10.1 Å². The van der Waals surface area contributed by atoms with Gasteiger partial charge in [-0.05, 0) is 29.8 Å². The minimum atomic E-state index is -0.418. The Hall–Kier alpha value is -3.03. The van der Waals surface area contributed by atoms with E-state index in [1.807, 2.05) is 6.07 Å². The number of hydrogen-bond donors (Lipinski definition) is 1. The van der Waals surface area contributed by atoms with Crippen molar-refractivity contribution in [1.82, 2.24) is 9.78 Å². The standard InChI is InChI=1S/C20H16Cl2N4O3/c21-16-6-2-4-14(18(16)22)12-26-17(7-8-23-26)24-19(27)13-3-1-5-15(11-13)25-9-10-29-20(25)28/h1-8,11H,9-10,12H2,(H,24,27). The second kappa shape index (κ2) is 8.14. The van der Waals surface area contributed by atoms with E-state index in [0.717, 1.165) is 5.56 Å². The monoisotopic (exact) mass is 430 g/mol. The van der Waals surface area contributed by atoms with Crippen LogP contribution in [0.2, 0.25) is 10.0 Å². The van der Waals surface area contributed by atoms with Gasteiger partial charge >= 0.3 is 6.09 Å². The summed E-state index contributed by atoms with van der Waals surface area (Å²) in [6, 6.07) is 13.9. The zero-order valence-electron chi connectivity index (χ0n) is 15.1. The quantitative estimate of drug-likeness (QED) is 0.648. The van der Waals surface area contributed by atoms with Crippen LogP contribution in [-0.4, -0.2) is 34.9 Å². The molecular weight excluding hydrogens is 415 g/mol. The van der Waals surface area contributed by atoms with Crippen LogP contribution >= 0.6 is 23.2 Å². The summed E-state index contributed by atoms with van der Waals surface area (Å²) in [6.07, 6.45) is 1.17. The van der Waals surface area contributed by atoms with Crippen LogP contribution in [0.1, 0.15) is 15.9 Å². The number of nitrogens with zero attached hydrogens (tertiary/aromatic N) is 3. The first-order valence-electron chi connectivity index (χ1n) is 8.83. The Bertz CT molecular complexity index is 1080. The number of hydrogen-bond acceptors (Lipinski definition) is 4. The molecule has 1 aliphatic rings. The summed E-state index contributed by atoms with van der Waals surface area (Å²) >= 11 is 12.3. The van der Waals surface area contributed by atoms with E-state index in [1.54, 1.807) is 53.3 Å². The van der Waals surface area contributed by atoms with Gasteiger partial charge in [-0.2, -0.15) is 5.10 Å². The molecule has 0 radical (unpaired) electrons. The van der Waals surface area contributed by atoms with Crippen LogP contribution in [0.15, 0.2) is 54.7 Å². The Labute approximate surface area is 176 Å². The maximum Gasteiger partial charge on any atom is 0.414 e. The Balaban J connectivity index is 1.52. The minimum absolute atomic E-state index is 0.321. The lowest BCUT2D eigenvalue weighted by atomic mass is 10.1. The van der Waals surface area contributed by atoms with Crippen molar-refractivity contribution in [2.75, 3.05) is 23.4 Å². The molecule has 0 atom stereocenters. The van der Waals surface area contributed by atoms with Crippen molar-refractivity contribution in [1.29, 1.82) is 0 Å². The molecular formula is C20H16Cl2N4O3. The van der Waals surface area contributed by atoms with Gasteiger partial charge in [0.25, 0.3) is 5.91 Å². The molecule has 4 rings (SSSR count). The first-order valence-corrected chi connectivity index (χ1v) is 9.59. The first-order chi connectivity index (χ1) is 14.0. The predicted molar refractivity (Wildman–Crippen MR) is 111 cm³/mol. The third-order valence-corrected chi connectivity index (χ3v) is 5.35. The highest BCUT2D eigenvalue weighted by molar-refractivity contribution is 6.42. The van der Waals surface area contributed by atoms with Gasteiger partial charge in [0, 0.05) is 17.3 Å². The minimum Gasteiger partial charge on any atom is -0.447 e. The molecule has 2 amide bonds. The molecule has 0 bridgehead atoms. The van der Waals surface area contributed by atoms with E-state index < -0.39 is 6.09 Å². The Morgan fingerprint density at radius 1 is 1.17 bits per heavy atom. The molecule has 1 fully saturated rings. The Morgan fingerprint density at radius 2 is 2.00 bits per heavy atom. The second-order valence-electron chi connectivity index (χ2n) is 6.36. The van der Waals surface area contributed by atoms with E-state index in [1.165, 1.54) is 4.90 Å². The molecule has 1 aromatic heterocycles. The normalized spacial score (nSPS) is 13.4. The molecule has 148 valence electrons. The van der Waals surface area contributed by atoms with Crippen LogP contribution in [0.25, 0.3) is 0 Å². The van der Waals surface area contributed by atoms with Gasteiger partial charge in [-0.15, -0.1) is 0 Å². The number of carbonyl (C=O) groups excluding carboxylic acids is 2. The fourth-order valence-electron chi connectivity index (χ4n) is 3.03. The van der Waals surface area contributed by atoms with Crippen LogP contribution in [-0.2, 0) is 11.3 Å². The molecule has 0 saturated carbocycles. The molecule has 3 aromatic rings. The van der Waals surface area contributed by atoms with Crippen LogP contribution in [0.3, 0.4) is 0 Å². The van der Waals surface area contributed by atoms with Crippen molar-refractivity contribution in [2.24, 2.45) is 0 Å². The van der Waals surface area contributed by atoms with Crippen molar-refractivity contribution in [2.45, 2.75) is 6.54 Å². The number of aromatic nitrogens is 2. The largest absolute Gasteiger partial charge is 0.447 e. The van der Waals surface area contributed by atoms with E-state index in [-0.39, 0.29) is 5.91 Å². The maximum absolute atomic E-state index is 12.8. The van der Waals surface area contributed by atoms with Crippen molar-refractivity contribution in [3.8, 4) is 0 Å². The van der Waals surface area contributed by atoms with Crippen LogP contribution < -0.4 is 10.2 Å². The van der Waals surface area contributed by atoms with Gasteiger partial charge in [0.05, 0.1) is 29.3 Å². The average Bonchev–Trinajstić information content (AvgIpc) is 3.34. The summed E-state index contributed by atoms with van der Waals surface area (Å²) in [4.78, 5) is 26.0. The summed E-state index contributed by atoms with van der Waals surface area (Å²) in [5.74, 6) is 0.190. The number of rotatable bonds is 5. The fourth-order valence-corrected chi connectivity index (χ4v) is 3.41. The number of ether oxygens (including phenoxy) is 1. The molecule has 1 aliphatic heterocycles. The third-order valence-electron chi connectivity index (χ3n) is 4.49. The number of carbonyl (C=O) groups is 2. The SMILES string of the molecule is O=C(Nc1ccnn1Cc1cccc(Cl)c1Cl)c1cccc(N2CCOC2=O)c1. The third kappa shape index (κ3) is 4.06. The highest BCUT2D eigenvalue weighted by Gasteiger charge is 2.24. The number of cyclic esters (lactones) is 1. The lowest BCUT2D eigenvalue weighted by Crippen LogP contribution is -2.24. The average molecular weight is 431 g/mol. The van der Waals surface area contributed by atoms with Gasteiger partial charge in [0.1, 0.15) is 12.4 Å². The molecule has 2 aromatic carbocycles. The fraction of sp³-hybridized carbons (Fsp3) is 0.150. The highest BCUT2D eigenvalue weighted by atomic mass is 35.5. The Morgan fingerprint density at radius 3 is 2.79 bits per heavy atom. The molecule has 0 unspecified atom stereocenters. The summed E-state index contributed by atoms with van der Waals surface area (Å²) in [5, 5.41) is 8.00. The molecule has 7 nitrogen and oxygen atoms in total. The first kappa shape index (κ1) is 19.3. The molecule has 1 N–H and O–H groups in total. The number of amides is 2. The van der Waals surface area contributed by atoms with Gasteiger partial charge in [-0.1, -0.05) is 41.4 Å². The molecule has 0 spiro atoms. The smallest absolute Gasteiger partial charge is 0.414 e. The van der Waals surface area contributed by atoms with Crippen molar-refractivity contribution in [3.05, 3.63) is 75.9 Å². The number of benzene rings is 2. The topological polar surface area (TPSA) is 76.5 Å². The zero-order valence-corrected chi connectivity index (χ0v) is 16.7. The number of anilines is 2. The van der Waals surface area contributed by atoms with Gasteiger partial charge in [-0.25, -0.2) is 9.48 Å². The predicted octanol–water partition coefficient (Wildman–Crippen LogP) is 4.45. The van der Waals surface area contributed by atoms with Gasteiger partial charge in [0.15, 0.2) is 0 Å². The summed E-state index contributed by atoms with van der Waals surface area (Å²) in [7, 11) is 0. The van der Waals surface area contributed by atoms with Crippen molar-refractivity contribution < 1.29 is 14.3 Å². The van der Waals surface area contributed by atoms with E-state index in [4.69, 9.17) is 27.9 Å². The second-order valence-corrected chi connectivity index (χ2v) is 7.14. The summed E-state index contributed by atoms with van der Waals surface area (Å²) < 4.78 is 6.57. The Kier molecular flexibility index (Phi) is 5.42. The summed E-state index contributed by atoms with van der Waals surface area (Å²) in [6.45, 7) is 1.14. The van der Waals surface area contributed by atoms with Crippen LogP contribution in [0, 0.1) is 0 Å². The highest BCUT2D eigenvalue weighted by Crippen LogP contribution is 2.27. The van der Waals surface area contributed by atoms with E-state index in [2.05, 4.69) is 10.4 Å².